The van der Waals surface area contributed by atoms with Gasteiger partial charge < -0.3 is 35.1 Å². The van der Waals surface area contributed by atoms with Crippen molar-refractivity contribution in [3.05, 3.63) is 71.3 Å². The zero-order chi connectivity index (χ0) is 43.4. The summed E-state index contributed by atoms with van der Waals surface area (Å²) in [6.07, 6.45) is 8.89. The fourth-order valence-corrected chi connectivity index (χ4v) is 10.8. The molecule has 2 aliphatic heterocycles. The first-order valence-corrected chi connectivity index (χ1v) is 22.8. The Morgan fingerprint density at radius 3 is 1.77 bits per heavy atom. The lowest BCUT2D eigenvalue weighted by atomic mass is 9.63. The maximum Gasteiger partial charge on any atom is 0.407 e. The standard InChI is InChI=1S/C49H60N8O5/c1-7-40(58)54-42(27(2)3)46(59)56-23-8-11-38(56)44-51-35-18-14-30(26-37(35)53-44)32-16-15-31(33-19-22-49(41(32)33)20-10-21-49)29-13-17-34-36(25-29)52-45(50-34)39-12-9-24-57(39)47(60)43(28(4)5)55-48(61)62-6/h13-18,25-28,38-39,42-43H,7-12,19-24H2,1-6H3,(H,50,52)(H,51,53)(H,54,58)(H,55,61)/t38-,39-,42-,43-/m0/s1. The number of nitrogens with zero attached hydrogens (tertiary/aromatic N) is 4. The van der Waals surface area contributed by atoms with Crippen LogP contribution in [0.15, 0.2) is 48.5 Å². The SMILES string of the molecule is CCC(=O)N[C@H](C(=O)N1CCC[C@H]1c1nc2ccc(-c3ccc(-c4ccc5nc([C@@H]6CCCN6C(=O)[C@@H](NC(=O)OC)C(C)C)[nH]c5c4)c4c3C3(CCC3)CC4)cc2[nH]1)C(C)C. The average molecular weight is 841 g/mol. The molecule has 2 aromatic heterocycles. The quantitative estimate of drug-likeness (QED) is 0.104. The number of carbonyl (C=O) groups is 4. The van der Waals surface area contributed by atoms with Crippen LogP contribution in [0.3, 0.4) is 0 Å². The van der Waals surface area contributed by atoms with Crippen molar-refractivity contribution in [2.24, 2.45) is 11.8 Å². The summed E-state index contributed by atoms with van der Waals surface area (Å²) >= 11 is 0. The minimum Gasteiger partial charge on any atom is -0.453 e. The van der Waals surface area contributed by atoms with Crippen molar-refractivity contribution in [1.82, 2.24) is 40.4 Å². The van der Waals surface area contributed by atoms with Gasteiger partial charge >= 0.3 is 6.09 Å². The molecule has 0 unspecified atom stereocenters. The number of carbonyl (C=O) groups excluding carboxylic acids is 4. The van der Waals surface area contributed by atoms with E-state index in [1.807, 2.05) is 37.5 Å². The summed E-state index contributed by atoms with van der Waals surface area (Å²) in [4.78, 5) is 73.2. The van der Waals surface area contributed by atoms with E-state index in [2.05, 4.69) is 69.1 Å². The molecular weight excluding hydrogens is 781 g/mol. The molecule has 3 fully saturated rings. The number of likely N-dealkylation sites (tertiary alicyclic amines) is 2. The fourth-order valence-electron chi connectivity index (χ4n) is 10.8. The third-order valence-corrected chi connectivity index (χ3v) is 14.3. The molecular formula is C49H60N8O5. The van der Waals surface area contributed by atoms with Crippen molar-refractivity contribution < 1.29 is 23.9 Å². The fraction of sp³-hybridized carbons (Fsp3) is 0.510. The maximum atomic E-state index is 13.9. The highest BCUT2D eigenvalue weighted by atomic mass is 16.5. The van der Waals surface area contributed by atoms with Gasteiger partial charge in [0.05, 0.1) is 41.3 Å². The highest BCUT2D eigenvalue weighted by molar-refractivity contribution is 5.90. The van der Waals surface area contributed by atoms with Gasteiger partial charge in [-0.3, -0.25) is 14.4 Å². The molecule has 13 heteroatoms. The second-order valence-corrected chi connectivity index (χ2v) is 18.7. The summed E-state index contributed by atoms with van der Waals surface area (Å²) in [6.45, 7) is 10.9. The van der Waals surface area contributed by atoms with E-state index in [4.69, 9.17) is 14.7 Å². The van der Waals surface area contributed by atoms with E-state index in [9.17, 15) is 19.2 Å². The number of nitrogens with one attached hydrogen (secondary N) is 4. The number of ether oxygens (including phenoxy) is 1. The number of aromatic nitrogens is 4. The number of benzene rings is 3. The van der Waals surface area contributed by atoms with Crippen molar-refractivity contribution in [2.45, 2.75) is 128 Å². The molecule has 4 N–H and O–H groups in total. The van der Waals surface area contributed by atoms with Crippen LogP contribution in [0.4, 0.5) is 4.79 Å². The molecule has 5 aromatic rings. The molecule has 4 heterocycles. The number of hydrogen-bond donors (Lipinski definition) is 4. The highest BCUT2D eigenvalue weighted by Crippen LogP contribution is 2.57. The van der Waals surface area contributed by atoms with Crippen molar-refractivity contribution in [3.63, 3.8) is 0 Å². The van der Waals surface area contributed by atoms with Crippen LogP contribution < -0.4 is 10.6 Å². The minimum absolute atomic E-state index is 0.0275. The molecule has 0 radical (unpaired) electrons. The Labute approximate surface area is 363 Å². The molecule has 3 aromatic carbocycles. The van der Waals surface area contributed by atoms with Gasteiger partial charge in [0.25, 0.3) is 0 Å². The monoisotopic (exact) mass is 840 g/mol. The Morgan fingerprint density at radius 1 is 0.742 bits per heavy atom. The van der Waals surface area contributed by atoms with Crippen molar-refractivity contribution in [3.8, 4) is 22.3 Å². The van der Waals surface area contributed by atoms with Crippen LogP contribution in [0, 0.1) is 11.8 Å². The van der Waals surface area contributed by atoms with E-state index in [1.54, 1.807) is 6.92 Å². The maximum absolute atomic E-state index is 13.9. The summed E-state index contributed by atoms with van der Waals surface area (Å²) in [7, 11) is 1.31. The highest BCUT2D eigenvalue weighted by Gasteiger charge is 2.46. The van der Waals surface area contributed by atoms with Crippen LogP contribution in [0.25, 0.3) is 44.3 Å². The zero-order valence-corrected chi connectivity index (χ0v) is 36.9. The van der Waals surface area contributed by atoms with E-state index < -0.39 is 18.2 Å². The number of aromatic amines is 2. The lowest BCUT2D eigenvalue weighted by Crippen LogP contribution is -2.51. The normalized spacial score (nSPS) is 20.3. The Kier molecular flexibility index (Phi) is 11.1. The second kappa shape index (κ2) is 16.5. The predicted molar refractivity (Wildman–Crippen MR) is 239 cm³/mol. The van der Waals surface area contributed by atoms with Gasteiger partial charge in [0, 0.05) is 19.5 Å². The van der Waals surface area contributed by atoms with Crippen LogP contribution in [-0.2, 0) is 31.0 Å². The Morgan fingerprint density at radius 2 is 1.27 bits per heavy atom. The molecule has 62 heavy (non-hydrogen) atoms. The molecule has 4 aliphatic rings. The van der Waals surface area contributed by atoms with Crippen LogP contribution in [0.2, 0.25) is 0 Å². The number of imidazole rings is 2. The topological polar surface area (TPSA) is 165 Å². The van der Waals surface area contributed by atoms with Gasteiger partial charge in [-0.15, -0.1) is 0 Å². The van der Waals surface area contributed by atoms with Crippen LogP contribution in [0.1, 0.15) is 127 Å². The molecule has 2 aliphatic carbocycles. The second-order valence-electron chi connectivity index (χ2n) is 18.7. The number of rotatable bonds is 11. The number of amides is 4. The minimum atomic E-state index is -0.688. The summed E-state index contributed by atoms with van der Waals surface area (Å²) in [6, 6.07) is 16.0. The molecule has 1 saturated carbocycles. The van der Waals surface area contributed by atoms with E-state index in [0.717, 1.165) is 83.4 Å². The van der Waals surface area contributed by atoms with E-state index in [1.165, 1.54) is 48.6 Å². The number of hydrogen-bond acceptors (Lipinski definition) is 7. The molecule has 13 nitrogen and oxygen atoms in total. The first-order valence-electron chi connectivity index (χ1n) is 22.8. The van der Waals surface area contributed by atoms with Gasteiger partial charge in [-0.25, -0.2) is 14.8 Å². The summed E-state index contributed by atoms with van der Waals surface area (Å²) in [5, 5.41) is 5.71. The lowest BCUT2D eigenvalue weighted by molar-refractivity contribution is -0.138. The number of fused-ring (bicyclic) bond motifs is 4. The van der Waals surface area contributed by atoms with Gasteiger partial charge in [-0.2, -0.15) is 0 Å². The van der Waals surface area contributed by atoms with Gasteiger partial charge in [0.2, 0.25) is 17.7 Å². The number of methoxy groups -OCH3 is 1. The number of alkyl carbamates (subject to hydrolysis) is 1. The molecule has 9 rings (SSSR count). The zero-order valence-electron chi connectivity index (χ0n) is 36.9. The molecule has 0 bridgehead atoms. The smallest absolute Gasteiger partial charge is 0.407 e. The third-order valence-electron chi connectivity index (χ3n) is 14.3. The molecule has 2 saturated heterocycles. The third kappa shape index (κ3) is 7.30. The van der Waals surface area contributed by atoms with Crippen molar-refractivity contribution >= 4 is 45.9 Å². The average Bonchev–Trinajstić information content (AvgIpc) is 4.11. The largest absolute Gasteiger partial charge is 0.453 e. The van der Waals surface area contributed by atoms with Gasteiger partial charge in [0.15, 0.2) is 0 Å². The first-order chi connectivity index (χ1) is 29.9. The molecule has 326 valence electrons. The van der Waals surface area contributed by atoms with Crippen molar-refractivity contribution in [2.75, 3.05) is 20.2 Å². The number of H-pyrrole nitrogens is 2. The summed E-state index contributed by atoms with van der Waals surface area (Å²) < 4.78 is 4.82. The first kappa shape index (κ1) is 41.6. The van der Waals surface area contributed by atoms with E-state index in [-0.39, 0.29) is 47.1 Å². The van der Waals surface area contributed by atoms with Crippen LogP contribution >= 0.6 is 0 Å². The van der Waals surface area contributed by atoms with Gasteiger partial charge in [-0.05, 0) is 126 Å². The Balaban J connectivity index is 1.01. The molecule has 4 amide bonds. The summed E-state index contributed by atoms with van der Waals surface area (Å²) in [5.74, 6) is 1.15. The lowest BCUT2D eigenvalue weighted by Gasteiger charge is -2.41. The van der Waals surface area contributed by atoms with Gasteiger partial charge in [-0.1, -0.05) is 65.3 Å². The molecule has 4 atom stereocenters. The van der Waals surface area contributed by atoms with E-state index >= 15 is 0 Å². The van der Waals surface area contributed by atoms with Crippen LogP contribution in [-0.4, -0.2) is 85.8 Å². The van der Waals surface area contributed by atoms with Crippen molar-refractivity contribution in [1.29, 1.82) is 0 Å². The Hall–Kier alpha value is -5.72. The van der Waals surface area contributed by atoms with Crippen LogP contribution in [0.5, 0.6) is 0 Å². The predicted octanol–water partition coefficient (Wildman–Crippen LogP) is 8.40. The Bertz CT molecular complexity index is 2550. The van der Waals surface area contributed by atoms with Gasteiger partial charge in [0.1, 0.15) is 23.7 Å². The molecule has 1 spiro atoms. The van der Waals surface area contributed by atoms with E-state index in [0.29, 0.717) is 19.5 Å². The summed E-state index contributed by atoms with van der Waals surface area (Å²) in [5.41, 5.74) is 11.6.